The Kier molecular flexibility index (Phi) is 13.3. The zero-order valence-corrected chi connectivity index (χ0v) is 26.8. The Balaban J connectivity index is 1.20. The van der Waals surface area contributed by atoms with Crippen molar-refractivity contribution in [1.29, 1.82) is 0 Å². The minimum Gasteiger partial charge on any atom is -0.465 e. The molecule has 3 amide bonds. The third kappa shape index (κ3) is 10.1. The fourth-order valence-corrected chi connectivity index (χ4v) is 5.72. The molecule has 13 nitrogen and oxygen atoms in total. The molecule has 13 heteroatoms. The summed E-state index contributed by atoms with van der Waals surface area (Å²) < 4.78 is 0. The number of nitrogens with one attached hydrogen (secondary N) is 3. The van der Waals surface area contributed by atoms with Gasteiger partial charge in [0, 0.05) is 55.4 Å². The number of likely N-dealkylation sites (N-methyl/N-ethyl adjacent to an activating group) is 1. The normalized spacial score (nSPS) is 13.2. The van der Waals surface area contributed by atoms with Gasteiger partial charge in [-0.2, -0.15) is 0 Å². The van der Waals surface area contributed by atoms with E-state index in [2.05, 4.69) is 20.9 Å². The lowest BCUT2D eigenvalue weighted by Crippen LogP contribution is -2.43. The van der Waals surface area contributed by atoms with Crippen molar-refractivity contribution < 1.29 is 24.3 Å². The number of unbranched alkanes of at least 4 members (excludes halogenated alkanes) is 3. The highest BCUT2D eigenvalue weighted by atomic mass is 16.7. The number of rotatable bonds is 18. The van der Waals surface area contributed by atoms with E-state index in [0.717, 1.165) is 51.4 Å². The fourth-order valence-electron chi connectivity index (χ4n) is 5.72. The second-order valence-corrected chi connectivity index (χ2v) is 11.6. The van der Waals surface area contributed by atoms with Crippen molar-refractivity contribution in [2.75, 3.05) is 42.2 Å². The van der Waals surface area contributed by atoms with E-state index in [0.29, 0.717) is 48.6 Å². The Morgan fingerprint density at radius 2 is 1.66 bits per heavy atom. The van der Waals surface area contributed by atoms with E-state index in [-0.39, 0.29) is 36.7 Å². The van der Waals surface area contributed by atoms with Gasteiger partial charge in [-0.15, -0.1) is 0 Å². The van der Waals surface area contributed by atoms with Crippen LogP contribution in [0.4, 0.5) is 27.5 Å². The Labute approximate surface area is 274 Å². The summed E-state index contributed by atoms with van der Waals surface area (Å²) in [6.45, 7) is 3.26. The van der Waals surface area contributed by atoms with Gasteiger partial charge < -0.3 is 20.6 Å². The molecule has 0 radical (unpaired) electrons. The van der Waals surface area contributed by atoms with Crippen LogP contribution in [0, 0.1) is 0 Å². The molecular weight excluding hydrogens is 604 g/mol. The largest absolute Gasteiger partial charge is 0.465 e. The van der Waals surface area contributed by atoms with Gasteiger partial charge in [-0.1, -0.05) is 38.2 Å². The number of amides is 3. The maximum atomic E-state index is 13.3. The summed E-state index contributed by atoms with van der Waals surface area (Å²) >= 11 is 0. The standard InChI is InChI=1S/C34H44N6O7/c1-2-39(33(44)24-11-10-12-26(23-24)38-34(45)46)21-22-47-40(27-13-6-5-7-14-27)28(41)15-8-3-4-9-18-36-29-30(32(43)31(29)42)37-25-16-19-35-20-17-25/h10-12,16-17,19-20,23,27,36,38H,2-9,13-15,18,21-22H2,1H3,(H,35,37)(H,45,46). The lowest BCUT2D eigenvalue weighted by Gasteiger charge is -2.34. The first-order valence-electron chi connectivity index (χ1n) is 16.4. The summed E-state index contributed by atoms with van der Waals surface area (Å²) in [6, 6.07) is 9.77. The van der Waals surface area contributed by atoms with E-state index in [4.69, 9.17) is 9.94 Å². The lowest BCUT2D eigenvalue weighted by atomic mass is 9.95. The number of anilines is 4. The molecule has 0 atom stereocenters. The molecule has 4 N–H and O–H groups in total. The van der Waals surface area contributed by atoms with E-state index in [1.54, 1.807) is 52.7 Å². The van der Waals surface area contributed by atoms with Crippen LogP contribution >= 0.6 is 0 Å². The number of hydroxylamine groups is 2. The van der Waals surface area contributed by atoms with Crippen LogP contribution < -0.4 is 26.8 Å². The van der Waals surface area contributed by atoms with Gasteiger partial charge in [0.15, 0.2) is 0 Å². The Morgan fingerprint density at radius 3 is 2.38 bits per heavy atom. The van der Waals surface area contributed by atoms with E-state index in [1.807, 2.05) is 6.92 Å². The van der Waals surface area contributed by atoms with Gasteiger partial charge in [-0.05, 0) is 62.9 Å². The highest BCUT2D eigenvalue weighted by Gasteiger charge is 2.27. The van der Waals surface area contributed by atoms with Crippen LogP contribution in [-0.2, 0) is 9.63 Å². The van der Waals surface area contributed by atoms with Crippen LogP contribution in [0.2, 0.25) is 0 Å². The topological polar surface area (TPSA) is 170 Å². The molecule has 3 aromatic rings. The Morgan fingerprint density at radius 1 is 0.936 bits per heavy atom. The minimum atomic E-state index is -1.21. The minimum absolute atomic E-state index is 0.0101. The monoisotopic (exact) mass is 648 g/mol. The quantitative estimate of drug-likeness (QED) is 0.0824. The van der Waals surface area contributed by atoms with Gasteiger partial charge in [-0.3, -0.25) is 34.3 Å². The van der Waals surface area contributed by atoms with E-state index < -0.39 is 17.0 Å². The third-order valence-corrected chi connectivity index (χ3v) is 8.25. The molecule has 1 aliphatic rings. The number of pyridine rings is 1. The molecule has 47 heavy (non-hydrogen) atoms. The van der Waals surface area contributed by atoms with Gasteiger partial charge in [-0.25, -0.2) is 9.86 Å². The Bertz CT molecular complexity index is 1550. The lowest BCUT2D eigenvalue weighted by molar-refractivity contribution is -0.204. The number of hydrogen-bond acceptors (Lipinski definition) is 9. The van der Waals surface area contributed by atoms with Crippen LogP contribution in [-0.4, -0.2) is 70.2 Å². The smallest absolute Gasteiger partial charge is 0.409 e. The van der Waals surface area contributed by atoms with Crippen LogP contribution in [0.5, 0.6) is 0 Å². The number of carboxylic acid groups (broad SMARTS) is 1. The van der Waals surface area contributed by atoms with Crippen molar-refractivity contribution in [1.82, 2.24) is 14.9 Å². The second-order valence-electron chi connectivity index (χ2n) is 11.6. The predicted octanol–water partition coefficient (Wildman–Crippen LogP) is 5.13. The molecule has 0 bridgehead atoms. The number of carbonyl (C=O) groups is 3. The average molecular weight is 649 g/mol. The molecule has 0 saturated heterocycles. The van der Waals surface area contributed by atoms with Gasteiger partial charge in [0.25, 0.3) is 16.8 Å². The zero-order chi connectivity index (χ0) is 33.6. The second kappa shape index (κ2) is 17.8. The fraction of sp³-hybridized carbons (Fsp3) is 0.471. The van der Waals surface area contributed by atoms with Gasteiger partial charge in [0.1, 0.15) is 11.4 Å². The van der Waals surface area contributed by atoms with Crippen molar-refractivity contribution in [2.24, 2.45) is 0 Å². The highest BCUT2D eigenvalue weighted by molar-refractivity contribution is 5.96. The SMILES string of the molecule is CCN(CCON(C(=O)CCCCCCNc1c(Nc2ccncc2)c(=O)c1=O)C1CCCCC1)C(=O)c1cccc(NC(=O)O)c1. The predicted molar refractivity (Wildman–Crippen MR) is 180 cm³/mol. The summed E-state index contributed by atoms with van der Waals surface area (Å²) in [4.78, 5) is 73.1. The summed E-state index contributed by atoms with van der Waals surface area (Å²) in [7, 11) is 0. The molecule has 4 rings (SSSR count). The maximum absolute atomic E-state index is 13.3. The van der Waals surface area contributed by atoms with Crippen LogP contribution in [0.3, 0.4) is 0 Å². The molecule has 252 valence electrons. The zero-order valence-electron chi connectivity index (χ0n) is 26.8. The van der Waals surface area contributed by atoms with E-state index >= 15 is 0 Å². The molecule has 0 aliphatic heterocycles. The maximum Gasteiger partial charge on any atom is 0.409 e. The summed E-state index contributed by atoms with van der Waals surface area (Å²) in [5, 5.41) is 18.8. The van der Waals surface area contributed by atoms with Gasteiger partial charge in [0.2, 0.25) is 5.91 Å². The number of benzene rings is 1. The summed E-state index contributed by atoms with van der Waals surface area (Å²) in [5.74, 6) is -0.312. The molecule has 0 spiro atoms. The molecule has 2 aromatic carbocycles. The highest BCUT2D eigenvalue weighted by Crippen LogP contribution is 2.24. The molecule has 1 fully saturated rings. The number of carbonyl (C=O) groups excluding carboxylic acids is 2. The van der Waals surface area contributed by atoms with Crippen molar-refractivity contribution >= 4 is 40.7 Å². The van der Waals surface area contributed by atoms with Crippen molar-refractivity contribution in [2.45, 2.75) is 77.2 Å². The molecule has 1 aliphatic carbocycles. The summed E-state index contributed by atoms with van der Waals surface area (Å²) in [5.41, 5.74) is 0.857. The number of nitrogens with zero attached hydrogens (tertiary/aromatic N) is 3. The first-order valence-corrected chi connectivity index (χ1v) is 16.4. The first kappa shape index (κ1) is 35.1. The van der Waals surface area contributed by atoms with Crippen molar-refractivity contribution in [3.05, 3.63) is 74.8 Å². The van der Waals surface area contributed by atoms with Crippen molar-refractivity contribution in [3.63, 3.8) is 0 Å². The number of hydrogen-bond donors (Lipinski definition) is 4. The molecule has 1 aromatic heterocycles. The van der Waals surface area contributed by atoms with Crippen LogP contribution in [0.25, 0.3) is 0 Å². The average Bonchev–Trinajstić information content (AvgIpc) is 3.09. The Hall–Kier alpha value is -4.78. The number of aromatic nitrogens is 1. The van der Waals surface area contributed by atoms with E-state index in [1.165, 1.54) is 6.07 Å². The first-order chi connectivity index (χ1) is 22.8. The molecule has 1 heterocycles. The van der Waals surface area contributed by atoms with Gasteiger partial charge in [0.05, 0.1) is 12.6 Å². The molecule has 1 saturated carbocycles. The van der Waals surface area contributed by atoms with Gasteiger partial charge >= 0.3 is 6.09 Å². The third-order valence-electron chi connectivity index (χ3n) is 8.25. The molecular formula is C34H44N6O7. The van der Waals surface area contributed by atoms with Crippen LogP contribution in [0.1, 0.15) is 81.5 Å². The van der Waals surface area contributed by atoms with Crippen LogP contribution in [0.15, 0.2) is 58.4 Å². The summed E-state index contributed by atoms with van der Waals surface area (Å²) in [6.07, 6.45) is 10.5. The van der Waals surface area contributed by atoms with E-state index in [9.17, 15) is 24.0 Å². The molecule has 0 unspecified atom stereocenters. The van der Waals surface area contributed by atoms with Crippen molar-refractivity contribution in [3.8, 4) is 0 Å².